The van der Waals surface area contributed by atoms with Crippen molar-refractivity contribution in [2.45, 2.75) is 50.3 Å². The number of aliphatic imine (C=N–C) groups is 1. The third-order valence-corrected chi connectivity index (χ3v) is 7.68. The molecule has 3 aliphatic rings. The number of aromatic nitrogens is 3. The third kappa shape index (κ3) is 4.46. The van der Waals surface area contributed by atoms with Crippen LogP contribution in [0.4, 0.5) is 0 Å². The van der Waals surface area contributed by atoms with Gasteiger partial charge in [-0.1, -0.05) is 60.7 Å². The maximum atomic E-state index is 9.91. The number of allylic oxidation sites excluding steroid dienone is 2. The number of aliphatic hydroxyl groups excluding tert-OH is 1. The van der Waals surface area contributed by atoms with E-state index in [0.29, 0.717) is 19.5 Å². The van der Waals surface area contributed by atoms with Crippen molar-refractivity contribution in [3.8, 4) is 0 Å². The summed E-state index contributed by atoms with van der Waals surface area (Å²) >= 11 is 0. The first kappa shape index (κ1) is 23.0. The first-order valence-electron chi connectivity index (χ1n) is 12.8. The second-order valence-electron chi connectivity index (χ2n) is 10.1. The summed E-state index contributed by atoms with van der Waals surface area (Å²) < 4.78 is 2.04. The zero-order valence-electron chi connectivity index (χ0n) is 20.4. The molecule has 184 valence electrons. The van der Waals surface area contributed by atoms with E-state index >= 15 is 0 Å². The monoisotopic (exact) mass is 480 g/mol. The molecule has 2 fully saturated rings. The molecule has 7 nitrogen and oxygen atoms in total. The lowest BCUT2D eigenvalue weighted by atomic mass is 9.72. The van der Waals surface area contributed by atoms with Crippen LogP contribution in [0.3, 0.4) is 0 Å². The van der Waals surface area contributed by atoms with Crippen molar-refractivity contribution in [1.82, 2.24) is 19.7 Å². The molecule has 0 unspecified atom stereocenters. The number of benzene rings is 2. The number of aliphatic hydroxyl groups is 1. The third-order valence-electron chi connectivity index (χ3n) is 7.68. The number of nitrogens with two attached hydrogens (primary N) is 1. The molecule has 1 aromatic heterocycles. The highest BCUT2D eigenvalue weighted by Gasteiger charge is 2.34. The maximum absolute atomic E-state index is 9.91. The van der Waals surface area contributed by atoms with Gasteiger partial charge in [-0.15, -0.1) is 10.2 Å². The average Bonchev–Trinajstić information content (AvgIpc) is 3.49. The van der Waals surface area contributed by atoms with E-state index in [1.54, 1.807) is 0 Å². The molecule has 1 saturated carbocycles. The molecule has 3 N–H and O–H groups in total. The molecule has 7 heteroatoms. The second kappa shape index (κ2) is 9.58. The van der Waals surface area contributed by atoms with E-state index in [2.05, 4.69) is 69.7 Å². The Balaban J connectivity index is 1.36. The largest absolute Gasteiger partial charge is 0.392 e. The molecule has 1 atom stereocenters. The van der Waals surface area contributed by atoms with Crippen molar-refractivity contribution >= 4 is 17.5 Å². The van der Waals surface area contributed by atoms with E-state index in [9.17, 15) is 5.11 Å². The lowest BCUT2D eigenvalue weighted by Crippen LogP contribution is -2.43. The highest BCUT2D eigenvalue weighted by Crippen LogP contribution is 2.38. The Kier molecular flexibility index (Phi) is 6.13. The zero-order valence-corrected chi connectivity index (χ0v) is 20.4. The van der Waals surface area contributed by atoms with Gasteiger partial charge in [-0.2, -0.15) is 0 Å². The molecule has 0 amide bonds. The van der Waals surface area contributed by atoms with Gasteiger partial charge in [-0.3, -0.25) is 14.5 Å². The molecule has 36 heavy (non-hydrogen) atoms. The van der Waals surface area contributed by atoms with Crippen LogP contribution in [0, 0.1) is 0 Å². The Morgan fingerprint density at radius 1 is 1.00 bits per heavy atom. The Hall–Kier alpha value is -3.39. The summed E-state index contributed by atoms with van der Waals surface area (Å²) in [6.07, 6.45) is 10.5. The maximum Gasteiger partial charge on any atom is 0.151 e. The fourth-order valence-electron chi connectivity index (χ4n) is 5.38. The first-order valence-corrected chi connectivity index (χ1v) is 12.8. The predicted molar refractivity (Wildman–Crippen MR) is 142 cm³/mol. The van der Waals surface area contributed by atoms with Crippen molar-refractivity contribution in [2.75, 3.05) is 13.1 Å². The molecule has 3 heterocycles. The standard InChI is InChI=1S/C29H32N6O/c30-29(14-4-15-29)23-9-7-22(8-10-23)28-25(21-5-2-1-3-6-21)11-12-26-32-33-27(35(26)18-16-31-28)20-34-17-13-24(36)19-34/h1-3,5-11,16,18,24,36H,4,12-15,17,19-20,30H2/b18-16-,25-11?,31-28?/t24-/m0/s1. The summed E-state index contributed by atoms with van der Waals surface area (Å²) in [5.74, 6) is 1.73. The van der Waals surface area contributed by atoms with Gasteiger partial charge in [0.25, 0.3) is 0 Å². The second-order valence-corrected chi connectivity index (χ2v) is 10.1. The van der Waals surface area contributed by atoms with Crippen LogP contribution in [0.25, 0.3) is 11.8 Å². The van der Waals surface area contributed by atoms with Crippen LogP contribution in [0.1, 0.15) is 54.0 Å². The summed E-state index contributed by atoms with van der Waals surface area (Å²) in [6, 6.07) is 19.0. The van der Waals surface area contributed by atoms with Crippen LogP contribution in [-0.4, -0.2) is 49.7 Å². The quantitative estimate of drug-likeness (QED) is 0.580. The Labute approximate surface area is 211 Å². The van der Waals surface area contributed by atoms with Crippen molar-refractivity contribution in [3.05, 3.63) is 95.2 Å². The number of nitrogens with zero attached hydrogens (tertiary/aromatic N) is 5. The van der Waals surface area contributed by atoms with E-state index in [-0.39, 0.29) is 11.6 Å². The van der Waals surface area contributed by atoms with Crippen LogP contribution in [0.2, 0.25) is 0 Å². The van der Waals surface area contributed by atoms with Gasteiger partial charge >= 0.3 is 0 Å². The highest BCUT2D eigenvalue weighted by molar-refractivity contribution is 6.32. The Morgan fingerprint density at radius 2 is 1.81 bits per heavy atom. The molecular formula is C29H32N6O. The van der Waals surface area contributed by atoms with Crippen molar-refractivity contribution in [3.63, 3.8) is 0 Å². The smallest absolute Gasteiger partial charge is 0.151 e. The van der Waals surface area contributed by atoms with Crippen molar-refractivity contribution in [2.24, 2.45) is 10.7 Å². The molecule has 6 rings (SSSR count). The summed E-state index contributed by atoms with van der Waals surface area (Å²) in [4.78, 5) is 7.19. The average molecular weight is 481 g/mol. The molecule has 0 bridgehead atoms. The molecule has 2 aliphatic heterocycles. The zero-order chi connectivity index (χ0) is 24.5. The van der Waals surface area contributed by atoms with Crippen LogP contribution in [-0.2, 0) is 18.5 Å². The number of likely N-dealkylation sites (tertiary alicyclic amines) is 1. The van der Waals surface area contributed by atoms with E-state index in [1.807, 2.05) is 23.0 Å². The van der Waals surface area contributed by atoms with Gasteiger partial charge in [0.05, 0.1) is 18.4 Å². The van der Waals surface area contributed by atoms with Gasteiger partial charge in [-0.25, -0.2) is 0 Å². The Morgan fingerprint density at radius 3 is 2.50 bits per heavy atom. The van der Waals surface area contributed by atoms with Gasteiger partial charge in [0, 0.05) is 48.6 Å². The minimum Gasteiger partial charge on any atom is -0.392 e. The molecule has 1 saturated heterocycles. The van der Waals surface area contributed by atoms with Gasteiger partial charge in [0.2, 0.25) is 0 Å². The minimum atomic E-state index is -0.258. The van der Waals surface area contributed by atoms with Gasteiger partial charge in [0.15, 0.2) is 5.82 Å². The number of hydrogen-bond acceptors (Lipinski definition) is 6. The molecule has 0 spiro atoms. The lowest BCUT2D eigenvalue weighted by Gasteiger charge is -2.38. The fraction of sp³-hybridized carbons (Fsp3) is 0.345. The molecule has 2 aromatic carbocycles. The number of β-amino-alcohol motifs (C(OH)–C–C–N with tert-alkyl or cyclic N) is 1. The van der Waals surface area contributed by atoms with Crippen LogP contribution < -0.4 is 5.73 Å². The normalized spacial score (nSPS) is 22.4. The van der Waals surface area contributed by atoms with Crippen molar-refractivity contribution in [1.29, 1.82) is 0 Å². The van der Waals surface area contributed by atoms with Gasteiger partial charge in [0.1, 0.15) is 5.82 Å². The summed E-state index contributed by atoms with van der Waals surface area (Å²) in [6.45, 7) is 2.20. The number of fused-ring (bicyclic) bond motifs is 1. The molecule has 3 aromatic rings. The van der Waals surface area contributed by atoms with Crippen molar-refractivity contribution < 1.29 is 5.11 Å². The fourth-order valence-corrected chi connectivity index (χ4v) is 5.38. The number of hydrogen-bond donors (Lipinski definition) is 2. The topological polar surface area (TPSA) is 92.6 Å². The predicted octanol–water partition coefficient (Wildman–Crippen LogP) is 3.74. The van der Waals surface area contributed by atoms with Gasteiger partial charge < -0.3 is 10.8 Å². The Bertz CT molecular complexity index is 1320. The molecule has 0 radical (unpaired) electrons. The van der Waals surface area contributed by atoms with E-state index in [1.165, 1.54) is 12.0 Å². The summed E-state index contributed by atoms with van der Waals surface area (Å²) in [7, 11) is 0. The SMILES string of the molecule is NC1(c2ccc(C3=N/C=C\n4c(nnc4CN4CC[C@H](O)C4)CC=C3c3ccccc3)cc2)CCC1. The van der Waals surface area contributed by atoms with Gasteiger partial charge in [-0.05, 0) is 36.8 Å². The van der Waals surface area contributed by atoms with E-state index < -0.39 is 0 Å². The van der Waals surface area contributed by atoms with Crippen LogP contribution in [0.15, 0.2) is 71.9 Å². The lowest BCUT2D eigenvalue weighted by molar-refractivity contribution is 0.173. The minimum absolute atomic E-state index is 0.180. The van der Waals surface area contributed by atoms with E-state index in [0.717, 1.165) is 59.9 Å². The molecule has 1 aliphatic carbocycles. The van der Waals surface area contributed by atoms with Crippen LogP contribution in [0.5, 0.6) is 0 Å². The molecular weight excluding hydrogens is 448 g/mol. The first-order chi connectivity index (χ1) is 17.6. The summed E-state index contributed by atoms with van der Waals surface area (Å²) in [5.41, 5.74) is 11.8. The van der Waals surface area contributed by atoms with E-state index in [4.69, 9.17) is 10.7 Å². The number of rotatable bonds is 5. The highest BCUT2D eigenvalue weighted by atomic mass is 16.3. The summed E-state index contributed by atoms with van der Waals surface area (Å²) in [5, 5.41) is 18.9. The van der Waals surface area contributed by atoms with Crippen LogP contribution >= 0.6 is 0 Å².